The molecule has 1 saturated heterocycles. The predicted octanol–water partition coefficient (Wildman–Crippen LogP) is -1.29. The lowest BCUT2D eigenvalue weighted by Gasteiger charge is -2.51. The largest absolute Gasteiger partial charge is 0.563 e. The molecule has 16 nitrogen and oxygen atoms in total. The van der Waals surface area contributed by atoms with Gasteiger partial charge in [-0.15, -0.1) is 0 Å². The van der Waals surface area contributed by atoms with Crippen molar-refractivity contribution < 1.29 is 56.0 Å². The van der Waals surface area contributed by atoms with E-state index in [2.05, 4.69) is 0 Å². The summed E-state index contributed by atoms with van der Waals surface area (Å²) in [6.07, 6.45) is -2.87. The summed E-state index contributed by atoms with van der Waals surface area (Å²) in [5, 5.41) is 77.5. The molecule has 0 aromatic heterocycles. The molecule has 0 aliphatic carbocycles. The summed E-state index contributed by atoms with van der Waals surface area (Å²) in [5.74, 6) is -1.83. The molecule has 0 saturated carbocycles. The Morgan fingerprint density at radius 1 is 0.955 bits per heavy atom. The van der Waals surface area contributed by atoms with Crippen LogP contribution in [0.1, 0.15) is 13.8 Å². The second-order valence-corrected chi connectivity index (χ2v) is 4.96. The third-order valence-electron chi connectivity index (χ3n) is 2.86. The molecule has 1 heterocycles. The monoisotopic (exact) mass is 331 g/mol. The van der Waals surface area contributed by atoms with Crippen molar-refractivity contribution in [3.8, 4) is 0 Å². The van der Waals surface area contributed by atoms with Crippen molar-refractivity contribution in [1.82, 2.24) is 10.0 Å². The van der Waals surface area contributed by atoms with Crippen molar-refractivity contribution in [3.05, 3.63) is 15.6 Å². The molecular formula is C6H13N5O11. The minimum Gasteiger partial charge on any atom is -0.563 e. The normalized spacial score (nSPS) is 24.0. The molecule has 1 aliphatic heterocycles. The SMILES string of the molecule is CC1(C)C(=O)N([N+]([O-])(O)O)C(=O)N([N+]([O-])(O)O)C1[N+]([O-])(O)O. The van der Waals surface area contributed by atoms with Gasteiger partial charge in [-0.05, 0) is 28.8 Å². The second-order valence-electron chi connectivity index (χ2n) is 4.96. The number of hydroxylamine groups is 3. The Bertz CT molecular complexity index is 487. The standard InChI is InChI=1S/C6H13N5O11/c1-6(2)3(9(14,15)16)7(10(17,18)19)5(13)8(4(6)12)11(20,21)22/h3,14-15,17-18,20-21H,1-2H3. The van der Waals surface area contributed by atoms with Crippen LogP contribution >= 0.6 is 0 Å². The van der Waals surface area contributed by atoms with Crippen LogP contribution in [0, 0.1) is 21.0 Å². The van der Waals surface area contributed by atoms with Gasteiger partial charge >= 0.3 is 6.03 Å². The molecule has 1 atom stereocenters. The van der Waals surface area contributed by atoms with Crippen molar-refractivity contribution in [1.29, 1.82) is 0 Å². The van der Waals surface area contributed by atoms with Crippen LogP contribution in [0.25, 0.3) is 0 Å². The van der Waals surface area contributed by atoms with E-state index in [1.807, 2.05) is 0 Å². The number of quaternary nitrogens is 3. The molecule has 16 heteroatoms. The van der Waals surface area contributed by atoms with Gasteiger partial charge in [-0.1, -0.05) is 0 Å². The van der Waals surface area contributed by atoms with E-state index in [9.17, 15) is 25.2 Å². The second kappa shape index (κ2) is 4.73. The zero-order valence-electron chi connectivity index (χ0n) is 11.0. The lowest BCUT2D eigenvalue weighted by molar-refractivity contribution is -1.33. The highest BCUT2D eigenvalue weighted by Gasteiger charge is 2.69. The van der Waals surface area contributed by atoms with Crippen molar-refractivity contribution in [2.45, 2.75) is 20.0 Å². The van der Waals surface area contributed by atoms with Gasteiger partial charge in [0.15, 0.2) is 0 Å². The first-order chi connectivity index (χ1) is 9.43. The molecule has 0 aromatic carbocycles. The maximum Gasteiger partial charge on any atom is 0.434 e. The average molecular weight is 331 g/mol. The molecule has 0 bridgehead atoms. The average Bonchev–Trinajstić information content (AvgIpc) is 2.17. The summed E-state index contributed by atoms with van der Waals surface area (Å²) in [7, 11) is 0. The highest BCUT2D eigenvalue weighted by molar-refractivity contribution is 5.98. The number of carbonyl (C=O) groups excluding carboxylic acids is 2. The summed E-state index contributed by atoms with van der Waals surface area (Å²) in [4.78, 5) is 20.2. The van der Waals surface area contributed by atoms with Crippen LogP contribution in [0.15, 0.2) is 0 Å². The molecule has 3 amide bonds. The summed E-state index contributed by atoms with van der Waals surface area (Å²) >= 11 is 0. The van der Waals surface area contributed by atoms with Crippen molar-refractivity contribution >= 4 is 11.9 Å². The summed E-state index contributed by atoms with van der Waals surface area (Å²) in [5.41, 5.74) is -2.54. The number of hydrogen-bond acceptors (Lipinski definition) is 11. The molecule has 1 rings (SSSR count). The van der Waals surface area contributed by atoms with E-state index in [0.717, 1.165) is 0 Å². The summed E-state index contributed by atoms with van der Waals surface area (Å²) in [6.45, 7) is 1.38. The topological polar surface area (TPSA) is 231 Å². The third-order valence-corrected chi connectivity index (χ3v) is 2.86. The predicted molar refractivity (Wildman–Crippen MR) is 53.3 cm³/mol. The first-order valence-electron chi connectivity index (χ1n) is 5.28. The van der Waals surface area contributed by atoms with Gasteiger partial charge in [0.25, 0.3) is 12.1 Å². The molecule has 6 N–H and O–H groups in total. The Kier molecular flexibility index (Phi) is 3.98. The van der Waals surface area contributed by atoms with Gasteiger partial charge in [0.05, 0.1) is 0 Å². The molecule has 128 valence electrons. The van der Waals surface area contributed by atoms with Crippen molar-refractivity contribution in [2.75, 3.05) is 0 Å². The van der Waals surface area contributed by atoms with Gasteiger partial charge < -0.3 is 15.6 Å². The Balaban J connectivity index is 3.62. The number of carbonyl (C=O) groups is 2. The zero-order valence-corrected chi connectivity index (χ0v) is 11.0. The van der Waals surface area contributed by atoms with E-state index in [1.54, 1.807) is 0 Å². The molecule has 1 unspecified atom stereocenters. The maximum absolute atomic E-state index is 11.9. The zero-order chi connectivity index (χ0) is 17.9. The van der Waals surface area contributed by atoms with Crippen LogP contribution in [0.2, 0.25) is 0 Å². The number of nitrogens with zero attached hydrogens (tertiary/aromatic N) is 5. The van der Waals surface area contributed by atoms with Gasteiger partial charge in [0.2, 0.25) is 0 Å². The quantitative estimate of drug-likeness (QED) is 0.263. The van der Waals surface area contributed by atoms with Crippen LogP contribution in [0.5, 0.6) is 0 Å². The van der Waals surface area contributed by atoms with Gasteiger partial charge in [-0.2, -0.15) is 31.2 Å². The fourth-order valence-electron chi connectivity index (χ4n) is 2.02. The number of rotatable bonds is 3. The molecular weight excluding hydrogens is 318 g/mol. The summed E-state index contributed by atoms with van der Waals surface area (Å²) < 4.78 is 0. The van der Waals surface area contributed by atoms with E-state index < -0.39 is 48.7 Å². The fraction of sp³-hybridized carbons (Fsp3) is 0.667. The minimum absolute atomic E-state index is 0.690. The molecule has 1 aliphatic rings. The van der Waals surface area contributed by atoms with Gasteiger partial charge in [-0.3, -0.25) is 4.79 Å². The Labute approximate surface area is 120 Å². The van der Waals surface area contributed by atoms with E-state index in [0.29, 0.717) is 13.8 Å². The highest BCUT2D eigenvalue weighted by Crippen LogP contribution is 2.39. The molecule has 1 fully saturated rings. The smallest absolute Gasteiger partial charge is 0.434 e. The molecule has 0 radical (unpaired) electrons. The van der Waals surface area contributed by atoms with Crippen molar-refractivity contribution in [3.63, 3.8) is 0 Å². The molecule has 0 aromatic rings. The highest BCUT2D eigenvalue weighted by atomic mass is 17.1. The lowest BCUT2D eigenvalue weighted by Crippen LogP contribution is -2.81. The van der Waals surface area contributed by atoms with Gasteiger partial charge in [0, 0.05) is 10.2 Å². The molecule has 0 spiro atoms. The van der Waals surface area contributed by atoms with Crippen LogP contribution in [0.4, 0.5) is 4.79 Å². The van der Waals surface area contributed by atoms with E-state index in [-0.39, 0.29) is 0 Å². The number of urea groups is 1. The Morgan fingerprint density at radius 3 is 1.64 bits per heavy atom. The van der Waals surface area contributed by atoms with Crippen molar-refractivity contribution in [2.24, 2.45) is 5.41 Å². The van der Waals surface area contributed by atoms with Crippen LogP contribution in [-0.4, -0.2) is 74.5 Å². The first-order valence-corrected chi connectivity index (χ1v) is 5.28. The third kappa shape index (κ3) is 2.85. The van der Waals surface area contributed by atoms with Gasteiger partial charge in [-0.25, -0.2) is 4.79 Å². The first kappa shape index (κ1) is 18.5. The van der Waals surface area contributed by atoms with Crippen LogP contribution < -0.4 is 0 Å². The number of amides is 3. The van der Waals surface area contributed by atoms with E-state index in [4.69, 9.17) is 31.2 Å². The molecule has 22 heavy (non-hydrogen) atoms. The van der Waals surface area contributed by atoms with Crippen LogP contribution in [-0.2, 0) is 4.79 Å². The van der Waals surface area contributed by atoms with E-state index in [1.165, 1.54) is 0 Å². The summed E-state index contributed by atoms with van der Waals surface area (Å²) in [6, 6.07) is -2.39. The maximum atomic E-state index is 11.9. The minimum atomic E-state index is -3.79. The number of hydrogen-bond donors (Lipinski definition) is 6. The number of imide groups is 1. The Hall–Kier alpha value is -1.54. The van der Waals surface area contributed by atoms with E-state index >= 15 is 0 Å². The van der Waals surface area contributed by atoms with Crippen LogP contribution in [0.3, 0.4) is 0 Å². The fourth-order valence-corrected chi connectivity index (χ4v) is 2.02. The Morgan fingerprint density at radius 2 is 1.36 bits per heavy atom. The lowest BCUT2D eigenvalue weighted by atomic mass is 9.86. The van der Waals surface area contributed by atoms with Gasteiger partial charge in [0.1, 0.15) is 5.41 Å².